The second-order valence-corrected chi connectivity index (χ2v) is 7.54. The summed E-state index contributed by atoms with van der Waals surface area (Å²) < 4.78 is 50.5. The van der Waals surface area contributed by atoms with Crippen LogP contribution >= 0.6 is 28.1 Å². The predicted octanol–water partition coefficient (Wildman–Crippen LogP) is 4.32. The number of rotatable bonds is 4. The van der Waals surface area contributed by atoms with Crippen LogP contribution in [0.4, 0.5) is 18.9 Å². The first kappa shape index (κ1) is 22.8. The van der Waals surface area contributed by atoms with Crippen LogP contribution in [0.2, 0.25) is 0 Å². The first-order valence-electron chi connectivity index (χ1n) is 8.57. The summed E-state index contributed by atoms with van der Waals surface area (Å²) in [5.41, 5.74) is -1.09. The molecular weight excluding hydrogens is 501 g/mol. The summed E-state index contributed by atoms with van der Waals surface area (Å²) in [5, 5.41) is 2.00. The smallest absolute Gasteiger partial charge is 0.416 e. The molecule has 1 fully saturated rings. The molecule has 2 aromatic carbocycles. The lowest BCUT2D eigenvalue weighted by molar-refractivity contribution is -0.137. The second-order valence-electron chi connectivity index (χ2n) is 6.24. The highest BCUT2D eigenvalue weighted by Crippen LogP contribution is 2.37. The molecule has 1 aliphatic rings. The molecule has 1 heterocycles. The lowest BCUT2D eigenvalue weighted by Gasteiger charge is -2.29. The fourth-order valence-corrected chi connectivity index (χ4v) is 3.67. The highest BCUT2D eigenvalue weighted by atomic mass is 79.9. The number of ether oxygens (including phenoxy) is 2. The van der Waals surface area contributed by atoms with Crippen molar-refractivity contribution >= 4 is 56.8 Å². The minimum absolute atomic E-state index is 0.130. The molecule has 3 rings (SSSR count). The Kier molecular flexibility index (Phi) is 6.37. The highest BCUT2D eigenvalue weighted by Gasteiger charge is 2.37. The molecule has 0 atom stereocenters. The number of anilines is 1. The molecule has 162 valence electrons. The Labute approximate surface area is 188 Å². The minimum atomic E-state index is -4.61. The molecule has 0 spiro atoms. The van der Waals surface area contributed by atoms with Gasteiger partial charge in [-0.05, 0) is 48.6 Å². The molecule has 1 aliphatic heterocycles. The van der Waals surface area contributed by atoms with Crippen molar-refractivity contribution in [2.75, 3.05) is 19.1 Å². The fourth-order valence-electron chi connectivity index (χ4n) is 2.93. The first-order valence-corrected chi connectivity index (χ1v) is 9.77. The largest absolute Gasteiger partial charge is 0.493 e. The number of halogens is 4. The van der Waals surface area contributed by atoms with Gasteiger partial charge in [-0.1, -0.05) is 22.0 Å². The van der Waals surface area contributed by atoms with Crippen LogP contribution in [0.1, 0.15) is 11.1 Å². The fraction of sp³-hybridized carbons (Fsp3) is 0.150. The van der Waals surface area contributed by atoms with Crippen molar-refractivity contribution in [2.45, 2.75) is 6.18 Å². The Morgan fingerprint density at radius 3 is 2.45 bits per heavy atom. The van der Waals surface area contributed by atoms with Crippen LogP contribution in [0.15, 0.2) is 46.4 Å². The summed E-state index contributed by atoms with van der Waals surface area (Å²) in [4.78, 5) is 26.4. The molecule has 0 saturated carbocycles. The van der Waals surface area contributed by atoms with E-state index in [-0.39, 0.29) is 22.1 Å². The molecule has 0 bridgehead atoms. The molecule has 11 heteroatoms. The van der Waals surface area contributed by atoms with Crippen LogP contribution in [0.5, 0.6) is 11.5 Å². The Hall–Kier alpha value is -2.92. The van der Waals surface area contributed by atoms with Gasteiger partial charge in [-0.25, -0.2) is 0 Å². The number of carbonyl (C=O) groups is 2. The van der Waals surface area contributed by atoms with Gasteiger partial charge in [-0.15, -0.1) is 0 Å². The summed E-state index contributed by atoms with van der Waals surface area (Å²) in [7, 11) is 2.81. The second kappa shape index (κ2) is 8.67. The van der Waals surface area contributed by atoms with Gasteiger partial charge in [0.2, 0.25) is 0 Å². The van der Waals surface area contributed by atoms with Crippen molar-refractivity contribution in [1.82, 2.24) is 5.32 Å². The lowest BCUT2D eigenvalue weighted by atomic mass is 10.1. The molecular formula is C20H14BrF3N2O4S. The lowest BCUT2D eigenvalue weighted by Crippen LogP contribution is -2.54. The van der Waals surface area contributed by atoms with Crippen molar-refractivity contribution in [2.24, 2.45) is 0 Å². The Bertz CT molecular complexity index is 1120. The standard InChI is InChI=1S/C20H14BrF3N2O4S/c1-29-15-9-12(21)6-10(16(15)30-2)7-14-17(27)25-19(31)26(18(14)28)13-5-3-4-11(8-13)20(22,23)24/h3-9H,1-2H3,(H,25,27,31)/b14-7+. The third-order valence-electron chi connectivity index (χ3n) is 4.31. The Morgan fingerprint density at radius 2 is 1.84 bits per heavy atom. The number of nitrogens with one attached hydrogen (secondary N) is 1. The summed E-state index contributed by atoms with van der Waals surface area (Å²) in [6.07, 6.45) is -3.36. The molecule has 2 aromatic rings. The van der Waals surface area contributed by atoms with Gasteiger partial charge in [0.25, 0.3) is 11.8 Å². The van der Waals surface area contributed by atoms with E-state index in [0.29, 0.717) is 15.8 Å². The van der Waals surface area contributed by atoms with E-state index in [2.05, 4.69) is 21.2 Å². The Morgan fingerprint density at radius 1 is 1.13 bits per heavy atom. The molecule has 0 aliphatic carbocycles. The van der Waals surface area contributed by atoms with Crippen molar-refractivity contribution in [1.29, 1.82) is 0 Å². The van der Waals surface area contributed by atoms with Crippen LogP contribution in [-0.4, -0.2) is 31.1 Å². The normalized spacial score (nSPS) is 15.9. The zero-order chi connectivity index (χ0) is 22.9. The average molecular weight is 515 g/mol. The number of nitrogens with zero attached hydrogens (tertiary/aromatic N) is 1. The van der Waals surface area contributed by atoms with Gasteiger partial charge in [-0.2, -0.15) is 13.2 Å². The zero-order valence-electron chi connectivity index (χ0n) is 16.0. The number of benzene rings is 2. The van der Waals surface area contributed by atoms with Gasteiger partial charge < -0.3 is 9.47 Å². The van der Waals surface area contributed by atoms with Gasteiger partial charge in [0, 0.05) is 10.0 Å². The summed E-state index contributed by atoms with van der Waals surface area (Å²) in [6.45, 7) is 0. The van der Waals surface area contributed by atoms with Crippen LogP contribution in [0.3, 0.4) is 0 Å². The summed E-state index contributed by atoms with van der Waals surface area (Å²) >= 11 is 8.35. The van der Waals surface area contributed by atoms with Gasteiger partial charge in [-0.3, -0.25) is 19.8 Å². The number of amides is 2. The molecule has 0 radical (unpaired) electrons. The zero-order valence-corrected chi connectivity index (χ0v) is 18.4. The molecule has 1 N–H and O–H groups in total. The van der Waals surface area contributed by atoms with Crippen molar-refractivity contribution in [3.05, 3.63) is 57.6 Å². The van der Waals surface area contributed by atoms with E-state index in [9.17, 15) is 22.8 Å². The van der Waals surface area contributed by atoms with E-state index in [0.717, 1.165) is 23.1 Å². The molecule has 0 aromatic heterocycles. The van der Waals surface area contributed by atoms with Crippen LogP contribution in [-0.2, 0) is 15.8 Å². The maximum Gasteiger partial charge on any atom is 0.416 e. The van der Waals surface area contributed by atoms with Crippen LogP contribution in [0.25, 0.3) is 6.08 Å². The third-order valence-corrected chi connectivity index (χ3v) is 5.05. The number of thiocarbonyl (C=S) groups is 1. The van der Waals surface area contributed by atoms with Gasteiger partial charge in [0.1, 0.15) is 5.57 Å². The van der Waals surface area contributed by atoms with Gasteiger partial charge in [0.15, 0.2) is 16.6 Å². The number of hydrogen-bond acceptors (Lipinski definition) is 5. The topological polar surface area (TPSA) is 67.9 Å². The molecule has 31 heavy (non-hydrogen) atoms. The maximum absolute atomic E-state index is 13.1. The van der Waals surface area contributed by atoms with Crippen LogP contribution < -0.4 is 19.7 Å². The summed E-state index contributed by atoms with van der Waals surface area (Å²) in [5.74, 6) is -1.07. The maximum atomic E-state index is 13.1. The highest BCUT2D eigenvalue weighted by molar-refractivity contribution is 9.10. The van der Waals surface area contributed by atoms with Crippen LogP contribution in [0, 0.1) is 0 Å². The minimum Gasteiger partial charge on any atom is -0.493 e. The van der Waals surface area contributed by atoms with E-state index >= 15 is 0 Å². The van der Waals surface area contributed by atoms with Crippen molar-refractivity contribution < 1.29 is 32.2 Å². The molecule has 2 amide bonds. The molecule has 6 nitrogen and oxygen atoms in total. The van der Waals surface area contributed by atoms with Crippen molar-refractivity contribution in [3.8, 4) is 11.5 Å². The van der Waals surface area contributed by atoms with E-state index < -0.39 is 23.6 Å². The Balaban J connectivity index is 2.10. The number of carbonyl (C=O) groups excluding carboxylic acids is 2. The van der Waals surface area contributed by atoms with Crippen molar-refractivity contribution in [3.63, 3.8) is 0 Å². The number of methoxy groups -OCH3 is 2. The monoisotopic (exact) mass is 514 g/mol. The van der Waals surface area contributed by atoms with Gasteiger partial charge in [0.05, 0.1) is 25.5 Å². The predicted molar refractivity (Wildman–Crippen MR) is 115 cm³/mol. The quantitative estimate of drug-likeness (QED) is 0.374. The van der Waals surface area contributed by atoms with E-state index in [1.807, 2.05) is 0 Å². The SMILES string of the molecule is COc1cc(Br)cc(/C=C2\C(=O)NC(=S)N(c3cccc(C(F)(F)F)c3)C2=O)c1OC. The first-order chi connectivity index (χ1) is 14.6. The summed E-state index contributed by atoms with van der Waals surface area (Å²) in [6, 6.07) is 7.31. The van der Waals surface area contributed by atoms with E-state index in [1.54, 1.807) is 12.1 Å². The molecule has 0 unspecified atom stereocenters. The molecule has 1 saturated heterocycles. The third kappa shape index (κ3) is 4.57. The number of alkyl halides is 3. The van der Waals surface area contributed by atoms with E-state index in [1.165, 1.54) is 26.4 Å². The average Bonchev–Trinajstić information content (AvgIpc) is 2.70. The van der Waals surface area contributed by atoms with E-state index in [4.69, 9.17) is 21.7 Å². The number of hydrogen-bond donors (Lipinski definition) is 1. The van der Waals surface area contributed by atoms with Gasteiger partial charge >= 0.3 is 6.18 Å².